The summed E-state index contributed by atoms with van der Waals surface area (Å²) in [5.41, 5.74) is -5.30. The normalized spacial score (nSPS) is 12.2. The molecule has 0 bridgehead atoms. The first-order chi connectivity index (χ1) is 9.21. The lowest BCUT2D eigenvalue weighted by Gasteiger charge is -2.13. The Morgan fingerprint density at radius 1 is 1.30 bits per heavy atom. The molecule has 0 aliphatic heterocycles. The van der Waals surface area contributed by atoms with Gasteiger partial charge in [0.1, 0.15) is 11.5 Å². The number of ether oxygens (including phenoxy) is 1. The van der Waals surface area contributed by atoms with E-state index in [1.165, 1.54) is 19.2 Å². The molecule has 0 radical (unpaired) electrons. The highest BCUT2D eigenvalue weighted by Gasteiger charge is 2.48. The standard InChI is InChI=1S/C11H13F3O5S/c1-18-9-4-5-10(8(7-9)3-2-6-15)19-20(16,17)11(12,13)14/h4-5,7,15H,2-3,6H2,1H3. The fraction of sp³-hybridized carbons (Fsp3) is 0.455. The predicted octanol–water partition coefficient (Wildman–Crippen LogP) is 1.85. The third kappa shape index (κ3) is 4.01. The summed E-state index contributed by atoms with van der Waals surface area (Å²) in [4.78, 5) is 0. The van der Waals surface area contributed by atoms with Gasteiger partial charge in [-0.3, -0.25) is 0 Å². The number of methoxy groups -OCH3 is 1. The zero-order chi connectivity index (χ0) is 15.4. The van der Waals surface area contributed by atoms with Crippen LogP contribution in [0.15, 0.2) is 18.2 Å². The molecule has 0 saturated carbocycles. The molecule has 1 aromatic carbocycles. The minimum absolute atomic E-state index is 0.149. The van der Waals surface area contributed by atoms with Crippen LogP contribution in [0.4, 0.5) is 13.2 Å². The van der Waals surface area contributed by atoms with Gasteiger partial charge < -0.3 is 14.0 Å². The van der Waals surface area contributed by atoms with Crippen molar-refractivity contribution in [1.82, 2.24) is 0 Å². The van der Waals surface area contributed by atoms with E-state index in [-0.39, 0.29) is 25.0 Å². The quantitative estimate of drug-likeness (QED) is 0.641. The molecule has 20 heavy (non-hydrogen) atoms. The largest absolute Gasteiger partial charge is 0.534 e. The zero-order valence-electron chi connectivity index (χ0n) is 10.5. The monoisotopic (exact) mass is 314 g/mol. The van der Waals surface area contributed by atoms with Crippen molar-refractivity contribution in [2.45, 2.75) is 18.3 Å². The van der Waals surface area contributed by atoms with Gasteiger partial charge in [-0.05, 0) is 36.6 Å². The summed E-state index contributed by atoms with van der Waals surface area (Å²) >= 11 is 0. The Labute approximate surface area is 114 Å². The second kappa shape index (κ2) is 6.31. The van der Waals surface area contributed by atoms with E-state index in [1.54, 1.807) is 0 Å². The molecule has 1 rings (SSSR count). The Bertz CT molecular complexity index is 554. The molecule has 0 spiro atoms. The molecule has 0 aliphatic rings. The van der Waals surface area contributed by atoms with Crippen molar-refractivity contribution in [1.29, 1.82) is 0 Å². The fourth-order valence-corrected chi connectivity index (χ4v) is 1.89. The molecule has 0 aromatic heterocycles. The van der Waals surface area contributed by atoms with Crippen LogP contribution in [0.3, 0.4) is 0 Å². The van der Waals surface area contributed by atoms with Crippen LogP contribution in [-0.2, 0) is 16.5 Å². The number of rotatable bonds is 6. The molecule has 0 fully saturated rings. The number of hydrogen-bond acceptors (Lipinski definition) is 5. The first-order valence-corrected chi connectivity index (χ1v) is 6.90. The molecule has 0 aliphatic carbocycles. The van der Waals surface area contributed by atoms with Crippen LogP contribution in [0.25, 0.3) is 0 Å². The predicted molar refractivity (Wildman–Crippen MR) is 64.0 cm³/mol. The highest BCUT2D eigenvalue weighted by molar-refractivity contribution is 7.88. The van der Waals surface area contributed by atoms with Crippen LogP contribution in [0.5, 0.6) is 11.5 Å². The van der Waals surface area contributed by atoms with Crippen molar-refractivity contribution in [3.63, 3.8) is 0 Å². The van der Waals surface area contributed by atoms with Crippen LogP contribution in [-0.4, -0.2) is 32.7 Å². The molecule has 1 N–H and O–H groups in total. The molecular formula is C11H13F3O5S. The smallest absolute Gasteiger partial charge is 0.497 e. The average molecular weight is 314 g/mol. The number of halogens is 3. The van der Waals surface area contributed by atoms with Crippen molar-refractivity contribution in [2.24, 2.45) is 0 Å². The summed E-state index contributed by atoms with van der Waals surface area (Å²) < 4.78 is 67.8. The van der Waals surface area contributed by atoms with Gasteiger partial charge in [-0.1, -0.05) is 0 Å². The third-order valence-electron chi connectivity index (χ3n) is 2.35. The van der Waals surface area contributed by atoms with Gasteiger partial charge in [-0.25, -0.2) is 0 Å². The second-order valence-corrected chi connectivity index (χ2v) is 5.32. The van der Waals surface area contributed by atoms with Gasteiger partial charge in [0.05, 0.1) is 7.11 Å². The lowest BCUT2D eigenvalue weighted by Crippen LogP contribution is -2.28. The molecule has 0 heterocycles. The maximum atomic E-state index is 12.3. The first-order valence-electron chi connectivity index (χ1n) is 5.50. The maximum absolute atomic E-state index is 12.3. The highest BCUT2D eigenvalue weighted by atomic mass is 32.2. The summed E-state index contributed by atoms with van der Waals surface area (Å²) in [5.74, 6) is -0.0914. The Hall–Kier alpha value is -1.48. The van der Waals surface area contributed by atoms with Gasteiger partial charge in [0, 0.05) is 6.61 Å². The van der Waals surface area contributed by atoms with E-state index in [4.69, 9.17) is 9.84 Å². The zero-order valence-corrected chi connectivity index (χ0v) is 11.3. The van der Waals surface area contributed by atoms with Gasteiger partial charge in [0.25, 0.3) is 0 Å². The number of hydrogen-bond donors (Lipinski definition) is 1. The molecule has 9 heteroatoms. The number of alkyl halides is 3. The van der Waals surface area contributed by atoms with Gasteiger partial charge in [0.2, 0.25) is 0 Å². The van der Waals surface area contributed by atoms with Crippen LogP contribution >= 0.6 is 0 Å². The number of aliphatic hydroxyl groups is 1. The van der Waals surface area contributed by atoms with Crippen LogP contribution in [0.1, 0.15) is 12.0 Å². The molecule has 0 atom stereocenters. The summed E-state index contributed by atoms with van der Waals surface area (Å²) in [7, 11) is -4.36. The fourth-order valence-electron chi connectivity index (χ4n) is 1.39. The van der Waals surface area contributed by atoms with Gasteiger partial charge in [-0.15, -0.1) is 0 Å². The second-order valence-electron chi connectivity index (χ2n) is 3.78. The highest BCUT2D eigenvalue weighted by Crippen LogP contribution is 2.31. The number of aryl methyl sites for hydroxylation is 1. The lowest BCUT2D eigenvalue weighted by atomic mass is 10.1. The average Bonchev–Trinajstić information content (AvgIpc) is 2.36. The van der Waals surface area contributed by atoms with E-state index in [2.05, 4.69) is 4.18 Å². The first kappa shape index (κ1) is 16.6. The van der Waals surface area contributed by atoms with E-state index in [9.17, 15) is 21.6 Å². The molecule has 0 unspecified atom stereocenters. The molecule has 0 saturated heterocycles. The summed E-state index contributed by atoms with van der Waals surface area (Å²) in [6.45, 7) is -0.192. The minimum Gasteiger partial charge on any atom is -0.497 e. The van der Waals surface area contributed by atoms with Gasteiger partial charge >= 0.3 is 15.6 Å². The molecule has 1 aromatic rings. The molecule has 0 amide bonds. The van der Waals surface area contributed by atoms with E-state index in [0.29, 0.717) is 5.75 Å². The minimum atomic E-state index is -5.72. The van der Waals surface area contributed by atoms with E-state index in [0.717, 1.165) is 6.07 Å². The van der Waals surface area contributed by atoms with Crippen molar-refractivity contribution in [2.75, 3.05) is 13.7 Å². The third-order valence-corrected chi connectivity index (χ3v) is 3.32. The van der Waals surface area contributed by atoms with Gasteiger partial charge in [0.15, 0.2) is 0 Å². The molecule has 5 nitrogen and oxygen atoms in total. The summed E-state index contributed by atoms with van der Waals surface area (Å²) in [6, 6.07) is 3.72. The van der Waals surface area contributed by atoms with Crippen molar-refractivity contribution in [3.8, 4) is 11.5 Å². The van der Waals surface area contributed by atoms with E-state index >= 15 is 0 Å². The van der Waals surface area contributed by atoms with Crippen molar-refractivity contribution in [3.05, 3.63) is 23.8 Å². The van der Waals surface area contributed by atoms with Crippen LogP contribution in [0, 0.1) is 0 Å². The Balaban J connectivity index is 3.11. The summed E-state index contributed by atoms with van der Waals surface area (Å²) in [5, 5.41) is 8.74. The summed E-state index contributed by atoms with van der Waals surface area (Å²) in [6.07, 6.45) is 0.395. The number of aliphatic hydroxyl groups excluding tert-OH is 1. The number of benzene rings is 1. The van der Waals surface area contributed by atoms with Crippen molar-refractivity contribution < 1.29 is 35.6 Å². The maximum Gasteiger partial charge on any atom is 0.534 e. The van der Waals surface area contributed by atoms with E-state index in [1.807, 2.05) is 0 Å². The Morgan fingerprint density at radius 3 is 2.45 bits per heavy atom. The lowest BCUT2D eigenvalue weighted by molar-refractivity contribution is -0.0500. The van der Waals surface area contributed by atoms with Crippen molar-refractivity contribution >= 4 is 10.1 Å². The molecular weight excluding hydrogens is 301 g/mol. The molecule has 114 valence electrons. The SMILES string of the molecule is COc1ccc(OS(=O)(=O)C(F)(F)F)c(CCCO)c1. The topological polar surface area (TPSA) is 72.8 Å². The Kier molecular flexibility index (Phi) is 5.23. The van der Waals surface area contributed by atoms with Crippen LogP contribution in [0.2, 0.25) is 0 Å². The Morgan fingerprint density at radius 2 is 1.95 bits per heavy atom. The van der Waals surface area contributed by atoms with Crippen LogP contribution < -0.4 is 8.92 Å². The van der Waals surface area contributed by atoms with E-state index < -0.39 is 21.4 Å². The van der Waals surface area contributed by atoms with Gasteiger partial charge in [-0.2, -0.15) is 21.6 Å².